The van der Waals surface area contributed by atoms with Gasteiger partial charge in [0.2, 0.25) is 0 Å². The fraction of sp³-hybridized carbons (Fsp3) is 0.667. The van der Waals surface area contributed by atoms with Crippen molar-refractivity contribution in [2.24, 2.45) is 5.73 Å². The van der Waals surface area contributed by atoms with Crippen molar-refractivity contribution < 1.29 is 0 Å². The Kier molecular flexibility index (Phi) is 5.76. The number of hydrogen-bond acceptors (Lipinski definition) is 4. The molecule has 0 saturated carbocycles. The molecule has 0 bridgehead atoms. The lowest BCUT2D eigenvalue weighted by molar-refractivity contribution is 0.0898. The summed E-state index contributed by atoms with van der Waals surface area (Å²) in [7, 11) is 0. The van der Waals surface area contributed by atoms with Gasteiger partial charge < -0.3 is 5.73 Å². The van der Waals surface area contributed by atoms with Gasteiger partial charge in [-0.25, -0.2) is 0 Å². The Bertz CT molecular complexity index is 346. The first-order valence-corrected chi connectivity index (χ1v) is 7.40. The first-order valence-electron chi connectivity index (χ1n) is 7.40. The van der Waals surface area contributed by atoms with Crippen LogP contribution in [-0.4, -0.2) is 53.5 Å². The SMILES string of the molecule is CCCC(CN)N1CCN(Cc2ccccn2)CC1. The van der Waals surface area contributed by atoms with E-state index in [0.29, 0.717) is 6.04 Å². The number of piperazine rings is 1. The van der Waals surface area contributed by atoms with Gasteiger partial charge in [0.05, 0.1) is 5.69 Å². The third-order valence-electron chi connectivity index (χ3n) is 3.93. The van der Waals surface area contributed by atoms with E-state index in [-0.39, 0.29) is 0 Å². The van der Waals surface area contributed by atoms with Crippen LogP contribution in [0.5, 0.6) is 0 Å². The van der Waals surface area contributed by atoms with Crippen LogP contribution in [0.4, 0.5) is 0 Å². The largest absolute Gasteiger partial charge is 0.329 e. The molecule has 1 aliphatic rings. The molecule has 1 aromatic heterocycles. The summed E-state index contributed by atoms with van der Waals surface area (Å²) in [5.74, 6) is 0. The highest BCUT2D eigenvalue weighted by Crippen LogP contribution is 2.12. The van der Waals surface area contributed by atoms with Gasteiger partial charge in [-0.3, -0.25) is 14.8 Å². The standard InChI is InChI=1S/C15H26N4/c1-2-5-15(12-16)19-10-8-18(9-11-19)13-14-6-3-4-7-17-14/h3-4,6-7,15H,2,5,8-13,16H2,1H3. The molecule has 0 amide bonds. The fourth-order valence-corrected chi connectivity index (χ4v) is 2.79. The monoisotopic (exact) mass is 262 g/mol. The predicted octanol–water partition coefficient (Wildman–Crippen LogP) is 1.33. The molecule has 4 nitrogen and oxygen atoms in total. The maximum absolute atomic E-state index is 5.88. The minimum Gasteiger partial charge on any atom is -0.329 e. The van der Waals surface area contributed by atoms with Gasteiger partial charge in [-0.1, -0.05) is 19.4 Å². The second-order valence-corrected chi connectivity index (χ2v) is 5.31. The Morgan fingerprint density at radius 1 is 1.26 bits per heavy atom. The molecule has 1 aliphatic heterocycles. The summed E-state index contributed by atoms with van der Waals surface area (Å²) >= 11 is 0. The average Bonchev–Trinajstić information content (AvgIpc) is 2.47. The van der Waals surface area contributed by atoms with E-state index in [0.717, 1.165) is 39.3 Å². The molecule has 4 heteroatoms. The molecule has 0 aromatic carbocycles. The molecule has 0 spiro atoms. The van der Waals surface area contributed by atoms with Gasteiger partial charge in [0, 0.05) is 51.5 Å². The third-order valence-corrected chi connectivity index (χ3v) is 3.93. The highest BCUT2D eigenvalue weighted by molar-refractivity contribution is 5.03. The Hall–Kier alpha value is -0.970. The molecule has 0 radical (unpaired) electrons. The van der Waals surface area contributed by atoms with Crippen LogP contribution in [0.1, 0.15) is 25.5 Å². The van der Waals surface area contributed by atoms with Gasteiger partial charge in [-0.15, -0.1) is 0 Å². The summed E-state index contributed by atoms with van der Waals surface area (Å²) in [6.45, 7) is 8.50. The molecule has 19 heavy (non-hydrogen) atoms. The fourth-order valence-electron chi connectivity index (χ4n) is 2.79. The van der Waals surface area contributed by atoms with Crippen LogP contribution >= 0.6 is 0 Å². The van der Waals surface area contributed by atoms with E-state index in [2.05, 4.69) is 33.8 Å². The maximum atomic E-state index is 5.88. The third kappa shape index (κ3) is 4.27. The molecule has 2 rings (SSSR count). The van der Waals surface area contributed by atoms with Crippen LogP contribution in [0, 0.1) is 0 Å². The van der Waals surface area contributed by atoms with Crippen molar-refractivity contribution in [3.63, 3.8) is 0 Å². The molecule has 1 unspecified atom stereocenters. The van der Waals surface area contributed by atoms with E-state index >= 15 is 0 Å². The lowest BCUT2D eigenvalue weighted by Gasteiger charge is -2.38. The van der Waals surface area contributed by atoms with Crippen LogP contribution in [0.25, 0.3) is 0 Å². The molecular formula is C15H26N4. The minimum absolute atomic E-state index is 0.571. The van der Waals surface area contributed by atoms with E-state index in [9.17, 15) is 0 Å². The van der Waals surface area contributed by atoms with Crippen LogP contribution in [0.2, 0.25) is 0 Å². The van der Waals surface area contributed by atoms with Gasteiger partial charge in [-0.2, -0.15) is 0 Å². The van der Waals surface area contributed by atoms with Crippen molar-refractivity contribution in [3.05, 3.63) is 30.1 Å². The van der Waals surface area contributed by atoms with Crippen LogP contribution < -0.4 is 5.73 Å². The molecule has 0 aliphatic carbocycles. The molecule has 2 N–H and O–H groups in total. The highest BCUT2D eigenvalue weighted by Gasteiger charge is 2.22. The second kappa shape index (κ2) is 7.58. The summed E-state index contributed by atoms with van der Waals surface area (Å²) in [4.78, 5) is 9.44. The second-order valence-electron chi connectivity index (χ2n) is 5.31. The van der Waals surface area contributed by atoms with Crippen molar-refractivity contribution in [2.75, 3.05) is 32.7 Å². The van der Waals surface area contributed by atoms with Gasteiger partial charge in [0.25, 0.3) is 0 Å². The van der Waals surface area contributed by atoms with Gasteiger partial charge in [-0.05, 0) is 18.6 Å². The number of nitrogens with zero attached hydrogens (tertiary/aromatic N) is 3. The van der Waals surface area contributed by atoms with E-state index in [4.69, 9.17) is 5.73 Å². The highest BCUT2D eigenvalue weighted by atomic mass is 15.3. The normalized spacial score (nSPS) is 19.5. The van der Waals surface area contributed by atoms with Crippen LogP contribution in [0.15, 0.2) is 24.4 Å². The lowest BCUT2D eigenvalue weighted by Crippen LogP contribution is -2.52. The number of hydrogen-bond donors (Lipinski definition) is 1. The summed E-state index contributed by atoms with van der Waals surface area (Å²) in [5.41, 5.74) is 7.05. The minimum atomic E-state index is 0.571. The molecular weight excluding hydrogens is 236 g/mol. The number of aromatic nitrogens is 1. The summed E-state index contributed by atoms with van der Waals surface area (Å²) in [6.07, 6.45) is 4.31. The zero-order chi connectivity index (χ0) is 13.5. The number of pyridine rings is 1. The van der Waals surface area contributed by atoms with Crippen molar-refractivity contribution >= 4 is 0 Å². The van der Waals surface area contributed by atoms with Crippen molar-refractivity contribution in [3.8, 4) is 0 Å². The Morgan fingerprint density at radius 2 is 2.05 bits per heavy atom. The predicted molar refractivity (Wildman–Crippen MR) is 78.8 cm³/mol. The Labute approximate surface area is 116 Å². The van der Waals surface area contributed by atoms with E-state index in [1.165, 1.54) is 18.5 Å². The van der Waals surface area contributed by atoms with Crippen molar-refractivity contribution in [1.29, 1.82) is 0 Å². The average molecular weight is 262 g/mol. The zero-order valence-electron chi connectivity index (χ0n) is 12.0. The summed E-state index contributed by atoms with van der Waals surface area (Å²) in [5, 5.41) is 0. The smallest absolute Gasteiger partial charge is 0.0543 e. The van der Waals surface area contributed by atoms with Gasteiger partial charge >= 0.3 is 0 Å². The van der Waals surface area contributed by atoms with Crippen LogP contribution in [-0.2, 0) is 6.54 Å². The topological polar surface area (TPSA) is 45.4 Å². The first-order chi connectivity index (χ1) is 9.33. The number of nitrogens with two attached hydrogens (primary N) is 1. The zero-order valence-corrected chi connectivity index (χ0v) is 12.0. The van der Waals surface area contributed by atoms with E-state index < -0.39 is 0 Å². The lowest BCUT2D eigenvalue weighted by atomic mass is 10.1. The van der Waals surface area contributed by atoms with E-state index in [1.54, 1.807) is 0 Å². The molecule has 1 saturated heterocycles. The molecule has 106 valence electrons. The molecule has 1 fully saturated rings. The first kappa shape index (κ1) is 14.4. The summed E-state index contributed by atoms with van der Waals surface area (Å²) < 4.78 is 0. The van der Waals surface area contributed by atoms with Crippen molar-refractivity contribution in [1.82, 2.24) is 14.8 Å². The molecule has 1 atom stereocenters. The maximum Gasteiger partial charge on any atom is 0.0543 e. The molecule has 2 heterocycles. The summed E-state index contributed by atoms with van der Waals surface area (Å²) in [6, 6.07) is 6.70. The van der Waals surface area contributed by atoms with E-state index in [1.807, 2.05) is 12.3 Å². The Balaban J connectivity index is 1.79. The van der Waals surface area contributed by atoms with Gasteiger partial charge in [0.1, 0.15) is 0 Å². The number of rotatable bonds is 6. The van der Waals surface area contributed by atoms with Gasteiger partial charge in [0.15, 0.2) is 0 Å². The Morgan fingerprint density at radius 3 is 2.63 bits per heavy atom. The molecule has 1 aromatic rings. The quantitative estimate of drug-likeness (QED) is 0.840. The van der Waals surface area contributed by atoms with Crippen LogP contribution in [0.3, 0.4) is 0 Å². The van der Waals surface area contributed by atoms with Crippen molar-refractivity contribution in [2.45, 2.75) is 32.4 Å².